The van der Waals surface area contributed by atoms with E-state index < -0.39 is 5.91 Å². The number of rotatable bonds is 8. The largest absolute Gasteiger partial charge is 0.493 e. The minimum atomic E-state index is -0.394. The molecule has 0 atom stereocenters. The molecular formula is C22H24N2O3. The van der Waals surface area contributed by atoms with E-state index >= 15 is 0 Å². The highest BCUT2D eigenvalue weighted by Crippen LogP contribution is 2.29. The van der Waals surface area contributed by atoms with E-state index in [1.807, 2.05) is 50.2 Å². The number of hydrogen-bond acceptors (Lipinski definition) is 4. The van der Waals surface area contributed by atoms with E-state index in [9.17, 15) is 10.1 Å². The molecule has 0 aromatic heterocycles. The quantitative estimate of drug-likeness (QED) is 0.572. The number of carbonyl (C=O) groups is 1. The van der Waals surface area contributed by atoms with Crippen molar-refractivity contribution in [1.29, 1.82) is 5.26 Å². The third-order valence-corrected chi connectivity index (χ3v) is 3.77. The zero-order chi connectivity index (χ0) is 19.6. The highest BCUT2D eigenvalue weighted by atomic mass is 16.5. The van der Waals surface area contributed by atoms with Crippen LogP contribution in [0.2, 0.25) is 0 Å². The van der Waals surface area contributed by atoms with Crippen LogP contribution < -0.4 is 14.8 Å². The molecule has 1 N–H and O–H groups in total. The Morgan fingerprint density at radius 3 is 2.56 bits per heavy atom. The summed E-state index contributed by atoms with van der Waals surface area (Å²) in [5, 5.41) is 12.1. The molecule has 0 aliphatic carbocycles. The summed E-state index contributed by atoms with van der Waals surface area (Å²) in [5.41, 5.74) is 1.87. The first kappa shape index (κ1) is 20.1. The van der Waals surface area contributed by atoms with Crippen LogP contribution in [0.3, 0.4) is 0 Å². The van der Waals surface area contributed by atoms with Gasteiger partial charge in [0.25, 0.3) is 5.91 Å². The summed E-state index contributed by atoms with van der Waals surface area (Å²) in [5.74, 6) is 0.782. The van der Waals surface area contributed by atoms with Crippen molar-refractivity contribution in [1.82, 2.24) is 5.32 Å². The maximum Gasteiger partial charge on any atom is 0.261 e. The van der Waals surface area contributed by atoms with Gasteiger partial charge >= 0.3 is 0 Å². The molecule has 0 fully saturated rings. The van der Waals surface area contributed by atoms with Crippen LogP contribution in [0.25, 0.3) is 6.08 Å². The summed E-state index contributed by atoms with van der Waals surface area (Å²) >= 11 is 0. The van der Waals surface area contributed by atoms with E-state index in [1.54, 1.807) is 31.4 Å². The van der Waals surface area contributed by atoms with Crippen LogP contribution in [-0.2, 0) is 11.2 Å². The van der Waals surface area contributed by atoms with Gasteiger partial charge in [0.15, 0.2) is 11.5 Å². The van der Waals surface area contributed by atoms with Gasteiger partial charge in [0.2, 0.25) is 0 Å². The number of ether oxygens (including phenoxy) is 2. The SMILES string of the molecule is COc1cc(/C=C(/C#N)C(=O)NCCc2ccccc2)ccc1OC(C)C. The molecule has 0 saturated heterocycles. The summed E-state index contributed by atoms with van der Waals surface area (Å²) in [7, 11) is 1.55. The third-order valence-electron chi connectivity index (χ3n) is 3.77. The third kappa shape index (κ3) is 6.19. The monoisotopic (exact) mass is 364 g/mol. The van der Waals surface area contributed by atoms with Crippen LogP contribution in [0.15, 0.2) is 54.1 Å². The van der Waals surface area contributed by atoms with Gasteiger partial charge in [0, 0.05) is 6.54 Å². The molecule has 0 saturated carbocycles. The van der Waals surface area contributed by atoms with Crippen molar-refractivity contribution in [3.63, 3.8) is 0 Å². The zero-order valence-electron chi connectivity index (χ0n) is 15.9. The lowest BCUT2D eigenvalue weighted by Gasteiger charge is -2.13. The fourth-order valence-electron chi connectivity index (χ4n) is 2.50. The van der Waals surface area contributed by atoms with Gasteiger partial charge in [-0.25, -0.2) is 0 Å². The molecule has 5 nitrogen and oxygen atoms in total. The second-order valence-electron chi connectivity index (χ2n) is 6.24. The van der Waals surface area contributed by atoms with Crippen molar-refractivity contribution in [2.75, 3.05) is 13.7 Å². The first-order chi connectivity index (χ1) is 13.0. The average Bonchev–Trinajstić information content (AvgIpc) is 2.67. The molecule has 2 rings (SSSR count). The normalized spacial score (nSPS) is 11.0. The molecule has 0 unspecified atom stereocenters. The first-order valence-corrected chi connectivity index (χ1v) is 8.82. The van der Waals surface area contributed by atoms with Crippen molar-refractivity contribution in [3.05, 3.63) is 65.2 Å². The summed E-state index contributed by atoms with van der Waals surface area (Å²) in [6.45, 7) is 4.33. The Morgan fingerprint density at radius 2 is 1.93 bits per heavy atom. The van der Waals surface area contributed by atoms with E-state index in [1.165, 1.54) is 0 Å². The van der Waals surface area contributed by atoms with E-state index in [0.717, 1.165) is 5.56 Å². The lowest BCUT2D eigenvalue weighted by Crippen LogP contribution is -2.26. The molecule has 0 heterocycles. The highest BCUT2D eigenvalue weighted by Gasteiger charge is 2.11. The van der Waals surface area contributed by atoms with Gasteiger partial charge in [-0.2, -0.15) is 5.26 Å². The molecular weight excluding hydrogens is 340 g/mol. The van der Waals surface area contributed by atoms with Crippen molar-refractivity contribution in [2.45, 2.75) is 26.4 Å². The molecule has 140 valence electrons. The Kier molecular flexibility index (Phi) is 7.45. The summed E-state index contributed by atoms with van der Waals surface area (Å²) in [6.07, 6.45) is 2.27. The molecule has 27 heavy (non-hydrogen) atoms. The Hall–Kier alpha value is -3.26. The predicted molar refractivity (Wildman–Crippen MR) is 106 cm³/mol. The standard InChI is InChI=1S/C22H24N2O3/c1-16(2)27-20-10-9-18(14-21(20)26-3)13-19(15-23)22(25)24-12-11-17-7-5-4-6-8-17/h4-10,13-14,16H,11-12H2,1-3H3,(H,24,25)/b19-13-. The van der Waals surface area contributed by atoms with E-state index in [0.29, 0.717) is 30.0 Å². The van der Waals surface area contributed by atoms with E-state index in [2.05, 4.69) is 5.32 Å². The van der Waals surface area contributed by atoms with Crippen LogP contribution in [0, 0.1) is 11.3 Å². The van der Waals surface area contributed by atoms with Gasteiger partial charge in [-0.15, -0.1) is 0 Å². The molecule has 0 aliphatic rings. The minimum Gasteiger partial charge on any atom is -0.493 e. The van der Waals surface area contributed by atoms with Gasteiger partial charge in [-0.05, 0) is 49.6 Å². The molecule has 0 bridgehead atoms. The number of amides is 1. The average molecular weight is 364 g/mol. The molecule has 0 radical (unpaired) electrons. The second kappa shape index (κ2) is 10.0. The zero-order valence-corrected chi connectivity index (χ0v) is 15.9. The Morgan fingerprint density at radius 1 is 1.19 bits per heavy atom. The lowest BCUT2D eigenvalue weighted by molar-refractivity contribution is -0.117. The fraction of sp³-hybridized carbons (Fsp3) is 0.273. The second-order valence-corrected chi connectivity index (χ2v) is 6.24. The van der Waals surface area contributed by atoms with Gasteiger partial charge in [-0.3, -0.25) is 4.79 Å². The van der Waals surface area contributed by atoms with Gasteiger partial charge < -0.3 is 14.8 Å². The molecule has 5 heteroatoms. The van der Waals surface area contributed by atoms with Crippen molar-refractivity contribution in [2.24, 2.45) is 0 Å². The topological polar surface area (TPSA) is 71.3 Å². The van der Waals surface area contributed by atoms with E-state index in [-0.39, 0.29) is 11.7 Å². The van der Waals surface area contributed by atoms with Crippen LogP contribution in [0.4, 0.5) is 0 Å². The number of carbonyl (C=O) groups excluding carboxylic acids is 1. The maximum absolute atomic E-state index is 12.3. The molecule has 1 amide bonds. The number of hydrogen-bond donors (Lipinski definition) is 1. The molecule has 2 aromatic rings. The highest BCUT2D eigenvalue weighted by molar-refractivity contribution is 6.01. The van der Waals surface area contributed by atoms with E-state index in [4.69, 9.17) is 9.47 Å². The summed E-state index contributed by atoms with van der Waals surface area (Å²) < 4.78 is 11.0. The minimum absolute atomic E-state index is 0.0188. The molecule has 0 aliphatic heterocycles. The van der Waals surface area contributed by atoms with Crippen molar-refractivity contribution < 1.29 is 14.3 Å². The number of nitrogens with zero attached hydrogens (tertiary/aromatic N) is 1. The van der Waals surface area contributed by atoms with Crippen molar-refractivity contribution in [3.8, 4) is 17.6 Å². The Bertz CT molecular complexity index is 836. The predicted octanol–water partition coefficient (Wildman–Crippen LogP) is 3.75. The fourth-order valence-corrected chi connectivity index (χ4v) is 2.50. The number of nitrogens with one attached hydrogen (secondary N) is 1. The maximum atomic E-state index is 12.3. The summed E-state index contributed by atoms with van der Waals surface area (Å²) in [4.78, 5) is 12.3. The Labute approximate surface area is 160 Å². The van der Waals surface area contributed by atoms with Gasteiger partial charge in [-0.1, -0.05) is 36.4 Å². The van der Waals surface area contributed by atoms with Crippen LogP contribution in [0.1, 0.15) is 25.0 Å². The number of nitriles is 1. The van der Waals surface area contributed by atoms with Crippen LogP contribution >= 0.6 is 0 Å². The Balaban J connectivity index is 2.05. The van der Waals surface area contributed by atoms with Crippen LogP contribution in [0.5, 0.6) is 11.5 Å². The van der Waals surface area contributed by atoms with Gasteiger partial charge in [0.1, 0.15) is 11.6 Å². The molecule has 2 aromatic carbocycles. The van der Waals surface area contributed by atoms with Crippen molar-refractivity contribution >= 4 is 12.0 Å². The number of benzene rings is 2. The smallest absolute Gasteiger partial charge is 0.261 e. The number of methoxy groups -OCH3 is 1. The summed E-state index contributed by atoms with van der Waals surface area (Å²) in [6, 6.07) is 17.1. The first-order valence-electron chi connectivity index (χ1n) is 8.82. The molecule has 0 spiro atoms. The lowest BCUT2D eigenvalue weighted by atomic mass is 10.1. The van der Waals surface area contributed by atoms with Crippen LogP contribution in [-0.4, -0.2) is 25.7 Å². The van der Waals surface area contributed by atoms with Gasteiger partial charge in [0.05, 0.1) is 13.2 Å².